The van der Waals surface area contributed by atoms with E-state index in [1.807, 2.05) is 0 Å². The van der Waals surface area contributed by atoms with Crippen LogP contribution in [-0.2, 0) is 110 Å². The second-order valence-electron chi connectivity index (χ2n) is 0.750. The van der Waals surface area contributed by atoms with Crippen LogP contribution in [0.15, 0.2) is 0 Å². The van der Waals surface area contributed by atoms with Crippen molar-refractivity contribution in [3.8, 4) is 0 Å². The summed E-state index contributed by atoms with van der Waals surface area (Å²) in [6.07, 6.45) is 0. The predicted molar refractivity (Wildman–Crippen MR) is 13.6 cm³/mol. The van der Waals surface area contributed by atoms with E-state index in [-0.39, 0.29) is 86.5 Å². The summed E-state index contributed by atoms with van der Waals surface area (Å²) >= 11 is -12.9. The number of hydrogen-bond acceptors (Lipinski definition) is 9. The predicted octanol–water partition coefficient (Wildman–Crippen LogP) is -8.26. The SMILES string of the molecule is [Bi+3].[Bi+3].[Mn].[Mn].[O]=[Zr]([O-])[O-].[O]=[Zr]([O-])[O-].[O]=[Zr]([O-])[O-]. The molecule has 16 heavy (non-hydrogen) atoms. The van der Waals surface area contributed by atoms with Crippen molar-refractivity contribution in [2.45, 2.75) is 0 Å². The van der Waals surface area contributed by atoms with Gasteiger partial charge in [-0.3, -0.25) is 0 Å². The van der Waals surface area contributed by atoms with Gasteiger partial charge in [0.2, 0.25) is 0 Å². The Kier molecular flexibility index (Phi) is 98.1. The molecule has 0 saturated heterocycles. The van der Waals surface area contributed by atoms with E-state index < -0.39 is 67.9 Å². The maximum atomic E-state index is 8.61. The molecule has 90 valence electrons. The van der Waals surface area contributed by atoms with Crippen molar-refractivity contribution in [1.82, 2.24) is 0 Å². The van der Waals surface area contributed by atoms with Gasteiger partial charge in [-0.1, -0.05) is 0 Å². The van der Waals surface area contributed by atoms with Crippen LogP contribution in [0.5, 0.6) is 0 Å². The Bertz CT molecular complexity index is 124. The molecule has 16 heteroatoms. The second kappa shape index (κ2) is 36.7. The van der Waals surface area contributed by atoms with E-state index in [2.05, 4.69) is 0 Å². The summed E-state index contributed by atoms with van der Waals surface area (Å²) in [4.78, 5) is 0. The molecule has 0 bridgehead atoms. The van der Waals surface area contributed by atoms with Crippen LogP contribution in [-0.4, -0.2) is 52.4 Å². The van der Waals surface area contributed by atoms with Crippen molar-refractivity contribution in [3.05, 3.63) is 0 Å². The molecule has 0 spiro atoms. The molecule has 0 fully saturated rings. The third-order valence-electron chi connectivity index (χ3n) is 0. The van der Waals surface area contributed by atoms with Crippen LogP contribution in [0.4, 0.5) is 0 Å². The van der Waals surface area contributed by atoms with Crippen molar-refractivity contribution >= 4 is 52.4 Å². The van der Waals surface area contributed by atoms with E-state index in [4.69, 9.17) is 27.5 Å². The monoisotopic (exact) mass is 942 g/mol. The molecule has 0 aromatic heterocycles. The topological polar surface area (TPSA) is 190 Å². The van der Waals surface area contributed by atoms with Crippen LogP contribution < -0.4 is 19.1 Å². The molecule has 0 aliphatic heterocycles. The van der Waals surface area contributed by atoms with Gasteiger partial charge >= 0.3 is 148 Å². The average Bonchev–Trinajstić information content (AvgIpc) is 1.54. The Labute approximate surface area is 178 Å². The molecule has 0 aromatic carbocycles. The van der Waals surface area contributed by atoms with Crippen molar-refractivity contribution in [2.75, 3.05) is 0 Å². The van der Waals surface area contributed by atoms with E-state index in [0.29, 0.717) is 0 Å². The Morgan fingerprint density at radius 1 is 0.500 bits per heavy atom. The third kappa shape index (κ3) is 271. The van der Waals surface area contributed by atoms with Crippen LogP contribution in [0, 0.1) is 0 Å². The summed E-state index contributed by atoms with van der Waals surface area (Å²) in [7, 11) is 0. The fraction of sp³-hybridized carbons (Fsp3) is 0. The zero-order chi connectivity index (χ0) is 10.7. The average molecular weight is 945 g/mol. The van der Waals surface area contributed by atoms with E-state index in [1.165, 1.54) is 0 Å². The summed E-state index contributed by atoms with van der Waals surface area (Å²) in [6, 6.07) is 0. The summed E-state index contributed by atoms with van der Waals surface area (Å²) in [5.74, 6) is 0. The van der Waals surface area contributed by atoms with Crippen molar-refractivity contribution in [2.24, 2.45) is 0 Å². The normalized spacial score (nSPS) is 4.88. The summed E-state index contributed by atoms with van der Waals surface area (Å²) in [5.41, 5.74) is 0. The Morgan fingerprint density at radius 2 is 0.500 bits per heavy atom. The van der Waals surface area contributed by atoms with Crippen LogP contribution in [0.3, 0.4) is 0 Å². The first-order chi connectivity index (χ1) is 5.20. The summed E-state index contributed by atoms with van der Waals surface area (Å²) in [5, 5.41) is 0. The molecule has 0 aromatic rings. The number of rotatable bonds is 0. The van der Waals surface area contributed by atoms with Crippen molar-refractivity contribution < 1.29 is 130 Å². The molecule has 0 unspecified atom stereocenters. The Balaban J connectivity index is -0.0000000135. The molecule has 0 aliphatic rings. The van der Waals surface area contributed by atoms with Gasteiger partial charge in [0.05, 0.1) is 0 Å². The fourth-order valence-corrected chi connectivity index (χ4v) is 0. The van der Waals surface area contributed by atoms with Crippen molar-refractivity contribution in [3.63, 3.8) is 0 Å². The Hall–Kier alpha value is 4.61. The van der Waals surface area contributed by atoms with Gasteiger partial charge in [0.15, 0.2) is 0 Å². The van der Waals surface area contributed by atoms with E-state index >= 15 is 0 Å². The minimum absolute atomic E-state index is 0. The Morgan fingerprint density at radius 3 is 0.500 bits per heavy atom. The molecule has 0 aliphatic carbocycles. The van der Waals surface area contributed by atoms with Crippen LogP contribution in [0.25, 0.3) is 0 Å². The van der Waals surface area contributed by atoms with Gasteiger partial charge in [-0.25, -0.2) is 0 Å². The van der Waals surface area contributed by atoms with Crippen LogP contribution in [0.2, 0.25) is 0 Å². The van der Waals surface area contributed by atoms with Gasteiger partial charge in [-0.2, -0.15) is 0 Å². The zero-order valence-corrected chi connectivity index (χ0v) is 23.5. The first-order valence-corrected chi connectivity index (χ1v) is 10.9. The molecule has 0 amide bonds. The van der Waals surface area contributed by atoms with Gasteiger partial charge in [-0.15, -0.1) is 0 Å². The second-order valence-corrected chi connectivity index (χ2v) is 4.44. The quantitative estimate of drug-likeness (QED) is 0.213. The molecule has 0 atom stereocenters. The first kappa shape index (κ1) is 42.8. The maximum absolute atomic E-state index is 8.61. The molecular weight excluding hydrogens is 945 g/mol. The standard InChI is InChI=1S/2Bi.2Mn.9O.3Zr/q2*+3;;;;;;6*-1;;;. The van der Waals surface area contributed by atoms with Gasteiger partial charge in [-0.05, 0) is 0 Å². The molecule has 0 rings (SSSR count). The molecule has 0 saturated carbocycles. The van der Waals surface area contributed by atoms with E-state index in [9.17, 15) is 0 Å². The molecule has 6 radical (unpaired) electrons. The van der Waals surface area contributed by atoms with E-state index in [1.54, 1.807) is 0 Å². The molecule has 0 N–H and O–H groups in total. The minimum atomic E-state index is -4.29. The van der Waals surface area contributed by atoms with Crippen LogP contribution >= 0.6 is 0 Å². The van der Waals surface area contributed by atoms with E-state index in [0.717, 1.165) is 0 Å². The van der Waals surface area contributed by atoms with Gasteiger partial charge in [0, 0.05) is 34.1 Å². The number of hydrogen-bond donors (Lipinski definition) is 0. The molecule has 9 nitrogen and oxygen atoms in total. The summed E-state index contributed by atoms with van der Waals surface area (Å²) < 4.78 is 77.5. The zero-order valence-electron chi connectivity index (χ0n) is 6.82. The van der Waals surface area contributed by atoms with Gasteiger partial charge in [0.1, 0.15) is 0 Å². The summed E-state index contributed by atoms with van der Waals surface area (Å²) in [6.45, 7) is 0. The third-order valence-corrected chi connectivity index (χ3v) is 0. The fourth-order valence-electron chi connectivity index (χ4n) is 0. The van der Waals surface area contributed by atoms with Crippen molar-refractivity contribution in [1.29, 1.82) is 0 Å². The first-order valence-electron chi connectivity index (χ1n) is 1.84. The van der Waals surface area contributed by atoms with Crippen LogP contribution in [0.1, 0.15) is 0 Å². The molecule has 0 heterocycles. The molecular formula is Bi2Mn2O9Zr3. The van der Waals surface area contributed by atoms with Gasteiger partial charge < -0.3 is 0 Å². The van der Waals surface area contributed by atoms with Gasteiger partial charge in [0.25, 0.3) is 0 Å².